The van der Waals surface area contributed by atoms with Crippen LogP contribution in [0.2, 0.25) is 0 Å². The van der Waals surface area contributed by atoms with Crippen LogP contribution in [0.5, 0.6) is 0 Å². The van der Waals surface area contributed by atoms with E-state index in [2.05, 4.69) is 16.6 Å². The van der Waals surface area contributed by atoms with Crippen molar-refractivity contribution in [1.82, 2.24) is 10.6 Å². The van der Waals surface area contributed by atoms with E-state index in [4.69, 9.17) is 6.42 Å². The van der Waals surface area contributed by atoms with Crippen LogP contribution < -0.4 is 10.6 Å². The maximum Gasteiger partial charge on any atom is 0.315 e. The number of thiophene rings is 1. The van der Waals surface area contributed by atoms with Crippen molar-refractivity contribution in [2.75, 3.05) is 6.54 Å². The predicted molar refractivity (Wildman–Crippen MR) is 58.0 cm³/mol. The highest BCUT2D eigenvalue weighted by atomic mass is 32.1. The molecule has 0 atom stereocenters. The highest BCUT2D eigenvalue weighted by Gasteiger charge is 1.98. The van der Waals surface area contributed by atoms with Gasteiger partial charge in [-0.3, -0.25) is 0 Å². The van der Waals surface area contributed by atoms with Gasteiger partial charge in [0, 0.05) is 17.8 Å². The van der Waals surface area contributed by atoms with Crippen molar-refractivity contribution in [2.45, 2.75) is 13.0 Å². The van der Waals surface area contributed by atoms with Gasteiger partial charge in [-0.05, 0) is 11.4 Å². The molecule has 0 saturated carbocycles. The lowest BCUT2D eigenvalue weighted by Gasteiger charge is -2.04. The van der Waals surface area contributed by atoms with Crippen molar-refractivity contribution in [2.24, 2.45) is 0 Å². The summed E-state index contributed by atoms with van der Waals surface area (Å²) in [5.41, 5.74) is 0. The molecule has 3 nitrogen and oxygen atoms in total. The molecule has 0 aromatic carbocycles. The number of hydrogen-bond donors (Lipinski definition) is 2. The molecular formula is C10H12N2OS. The molecule has 0 aliphatic carbocycles. The number of carbonyl (C=O) groups excluding carboxylic acids is 1. The van der Waals surface area contributed by atoms with Gasteiger partial charge in [0.1, 0.15) is 0 Å². The quantitative estimate of drug-likeness (QED) is 0.572. The van der Waals surface area contributed by atoms with E-state index in [1.54, 1.807) is 11.3 Å². The maximum absolute atomic E-state index is 11.1. The standard InChI is InChI=1S/C10H12N2OS/c1-2-3-6-11-10(13)12-8-9-5-4-7-14-9/h1,4-5,7H,3,6,8H2,(H2,11,12,13). The molecular weight excluding hydrogens is 196 g/mol. The van der Waals surface area contributed by atoms with Crippen LogP contribution in [-0.4, -0.2) is 12.6 Å². The minimum absolute atomic E-state index is 0.173. The van der Waals surface area contributed by atoms with Crippen molar-refractivity contribution in [3.63, 3.8) is 0 Å². The number of terminal acetylenes is 1. The summed E-state index contributed by atoms with van der Waals surface area (Å²) in [6, 6.07) is 3.76. The summed E-state index contributed by atoms with van der Waals surface area (Å²) in [6.45, 7) is 1.09. The van der Waals surface area contributed by atoms with Crippen LogP contribution in [0.4, 0.5) is 4.79 Å². The third-order valence-corrected chi connectivity index (χ3v) is 2.43. The van der Waals surface area contributed by atoms with E-state index in [1.807, 2.05) is 17.5 Å². The highest BCUT2D eigenvalue weighted by molar-refractivity contribution is 7.09. The fraction of sp³-hybridized carbons (Fsp3) is 0.300. The van der Waals surface area contributed by atoms with Crippen molar-refractivity contribution < 1.29 is 4.79 Å². The fourth-order valence-electron chi connectivity index (χ4n) is 0.891. The molecule has 1 heterocycles. The van der Waals surface area contributed by atoms with Gasteiger partial charge in [-0.1, -0.05) is 6.07 Å². The van der Waals surface area contributed by atoms with Crippen LogP contribution >= 0.6 is 11.3 Å². The number of amides is 2. The second kappa shape index (κ2) is 6.06. The first-order chi connectivity index (χ1) is 6.83. The summed E-state index contributed by atoms with van der Waals surface area (Å²) in [5.74, 6) is 2.45. The second-order valence-electron chi connectivity index (χ2n) is 2.64. The van der Waals surface area contributed by atoms with Crippen LogP contribution in [0.15, 0.2) is 17.5 Å². The number of rotatable bonds is 4. The first-order valence-electron chi connectivity index (χ1n) is 4.30. The minimum atomic E-state index is -0.173. The van der Waals surface area contributed by atoms with E-state index < -0.39 is 0 Å². The maximum atomic E-state index is 11.1. The third-order valence-electron chi connectivity index (χ3n) is 1.56. The Labute approximate surface area is 87.5 Å². The largest absolute Gasteiger partial charge is 0.337 e. The molecule has 0 bridgehead atoms. The molecule has 0 saturated heterocycles. The summed E-state index contributed by atoms with van der Waals surface area (Å²) in [5, 5.41) is 7.37. The zero-order chi connectivity index (χ0) is 10.2. The topological polar surface area (TPSA) is 41.1 Å². The molecule has 2 amide bonds. The normalized spacial score (nSPS) is 9.07. The van der Waals surface area contributed by atoms with Gasteiger partial charge in [0.05, 0.1) is 6.54 Å². The molecule has 4 heteroatoms. The third kappa shape index (κ3) is 3.97. The van der Waals surface area contributed by atoms with Gasteiger partial charge in [-0.2, -0.15) is 0 Å². The zero-order valence-electron chi connectivity index (χ0n) is 7.75. The molecule has 0 unspecified atom stereocenters. The number of hydrogen-bond acceptors (Lipinski definition) is 2. The molecule has 1 rings (SSSR count). The van der Waals surface area contributed by atoms with E-state index in [9.17, 15) is 4.79 Å². The Hall–Kier alpha value is -1.47. The van der Waals surface area contributed by atoms with Gasteiger partial charge in [0.25, 0.3) is 0 Å². The molecule has 74 valence electrons. The molecule has 1 aromatic heterocycles. The van der Waals surface area contributed by atoms with Gasteiger partial charge in [0.15, 0.2) is 0 Å². The lowest BCUT2D eigenvalue weighted by Crippen LogP contribution is -2.35. The molecule has 0 fully saturated rings. The molecule has 0 aliphatic heterocycles. The van der Waals surface area contributed by atoms with Crippen LogP contribution in [0.3, 0.4) is 0 Å². The van der Waals surface area contributed by atoms with E-state index in [1.165, 1.54) is 0 Å². The van der Waals surface area contributed by atoms with Crippen molar-refractivity contribution in [3.8, 4) is 12.3 Å². The van der Waals surface area contributed by atoms with Gasteiger partial charge in [-0.25, -0.2) is 4.79 Å². The van der Waals surface area contributed by atoms with E-state index in [-0.39, 0.29) is 6.03 Å². The van der Waals surface area contributed by atoms with E-state index in [0.717, 1.165) is 4.88 Å². The molecule has 2 N–H and O–H groups in total. The van der Waals surface area contributed by atoms with Crippen molar-refractivity contribution in [1.29, 1.82) is 0 Å². The molecule has 0 aliphatic rings. The Morgan fingerprint density at radius 1 is 1.57 bits per heavy atom. The predicted octanol–water partition coefficient (Wildman–Crippen LogP) is 1.57. The first-order valence-corrected chi connectivity index (χ1v) is 5.18. The van der Waals surface area contributed by atoms with Gasteiger partial charge in [-0.15, -0.1) is 23.7 Å². The van der Waals surface area contributed by atoms with Gasteiger partial charge < -0.3 is 10.6 Å². The SMILES string of the molecule is C#CCCNC(=O)NCc1cccs1. The Balaban J connectivity index is 2.13. The van der Waals surface area contributed by atoms with Crippen LogP contribution in [0.25, 0.3) is 0 Å². The van der Waals surface area contributed by atoms with Crippen molar-refractivity contribution >= 4 is 17.4 Å². The Bertz CT molecular complexity index is 313. The number of nitrogens with one attached hydrogen (secondary N) is 2. The average molecular weight is 208 g/mol. The molecule has 1 aromatic rings. The summed E-state index contributed by atoms with van der Waals surface area (Å²) < 4.78 is 0. The van der Waals surface area contributed by atoms with Crippen LogP contribution in [0, 0.1) is 12.3 Å². The number of carbonyl (C=O) groups is 1. The fourth-order valence-corrected chi connectivity index (χ4v) is 1.54. The van der Waals surface area contributed by atoms with Crippen LogP contribution in [0.1, 0.15) is 11.3 Å². The second-order valence-corrected chi connectivity index (χ2v) is 3.68. The molecule has 0 spiro atoms. The molecule has 0 radical (unpaired) electrons. The van der Waals surface area contributed by atoms with E-state index in [0.29, 0.717) is 19.5 Å². The minimum Gasteiger partial charge on any atom is -0.337 e. The van der Waals surface area contributed by atoms with Gasteiger partial charge >= 0.3 is 6.03 Å². The van der Waals surface area contributed by atoms with Gasteiger partial charge in [0.2, 0.25) is 0 Å². The Kier molecular flexibility index (Phi) is 4.59. The monoisotopic (exact) mass is 208 g/mol. The number of urea groups is 1. The lowest BCUT2D eigenvalue weighted by molar-refractivity contribution is 0.241. The highest BCUT2D eigenvalue weighted by Crippen LogP contribution is 2.06. The average Bonchev–Trinajstić information content (AvgIpc) is 2.68. The smallest absolute Gasteiger partial charge is 0.315 e. The molecule has 14 heavy (non-hydrogen) atoms. The van der Waals surface area contributed by atoms with E-state index >= 15 is 0 Å². The summed E-state index contributed by atoms with van der Waals surface area (Å²) >= 11 is 1.62. The van der Waals surface area contributed by atoms with Crippen molar-refractivity contribution in [3.05, 3.63) is 22.4 Å². The summed E-state index contributed by atoms with van der Waals surface area (Å²) in [7, 11) is 0. The Morgan fingerprint density at radius 3 is 3.07 bits per heavy atom. The lowest BCUT2D eigenvalue weighted by atomic mass is 10.4. The van der Waals surface area contributed by atoms with Crippen LogP contribution in [-0.2, 0) is 6.54 Å². The first kappa shape index (κ1) is 10.6. The zero-order valence-corrected chi connectivity index (χ0v) is 8.56. The summed E-state index contributed by atoms with van der Waals surface area (Å²) in [4.78, 5) is 12.3. The summed E-state index contributed by atoms with van der Waals surface area (Å²) in [6.07, 6.45) is 5.61. The Morgan fingerprint density at radius 2 is 2.43 bits per heavy atom.